The molecule has 0 aromatic heterocycles. The van der Waals surface area contributed by atoms with Crippen molar-refractivity contribution in [3.63, 3.8) is 0 Å². The van der Waals surface area contributed by atoms with Crippen molar-refractivity contribution in [1.29, 1.82) is 0 Å². The van der Waals surface area contributed by atoms with Crippen molar-refractivity contribution >= 4 is 39.7 Å². The second-order valence-corrected chi connectivity index (χ2v) is 4.40. The van der Waals surface area contributed by atoms with Crippen LogP contribution in [0, 0.1) is 5.92 Å². The van der Waals surface area contributed by atoms with Gasteiger partial charge >= 0.3 is 29.6 Å². The molecule has 62 valence electrons. The molecule has 0 aromatic carbocycles. The van der Waals surface area contributed by atoms with Crippen LogP contribution in [0.15, 0.2) is 0 Å². The minimum atomic E-state index is -3.71. The van der Waals surface area contributed by atoms with E-state index in [1.54, 1.807) is 0 Å². The van der Waals surface area contributed by atoms with Crippen LogP contribution in [-0.4, -0.2) is 48.3 Å². The Balaban J connectivity index is 0.000001000. The van der Waals surface area contributed by atoms with Crippen molar-refractivity contribution in [2.24, 2.45) is 5.92 Å². The van der Waals surface area contributed by atoms with E-state index in [-0.39, 0.29) is 41.2 Å². The Morgan fingerprint density at radius 3 is 2.09 bits per heavy atom. The molecule has 1 aliphatic carbocycles. The Morgan fingerprint density at radius 2 is 1.73 bits per heavy atom. The topological polar surface area (TPSA) is 54.4 Å². The minimum absolute atomic E-state index is 0. The number of rotatable bonds is 2. The Kier molecular flexibility index (Phi) is 5.22. The zero-order valence-electron chi connectivity index (χ0n) is 5.78. The zero-order valence-corrected chi connectivity index (χ0v) is 6.60. The first-order valence-corrected chi connectivity index (χ1v) is 5.14. The van der Waals surface area contributed by atoms with E-state index in [1.807, 2.05) is 0 Å². The van der Waals surface area contributed by atoms with Gasteiger partial charge in [0.15, 0.2) is 0 Å². The molecule has 5 heteroatoms. The molecule has 0 amide bonds. The van der Waals surface area contributed by atoms with Gasteiger partial charge in [0.1, 0.15) is 0 Å². The van der Waals surface area contributed by atoms with Crippen molar-refractivity contribution in [3.8, 4) is 0 Å². The summed E-state index contributed by atoms with van der Waals surface area (Å²) >= 11 is 0. The molecule has 0 radical (unpaired) electrons. The summed E-state index contributed by atoms with van der Waals surface area (Å²) in [5.41, 5.74) is 0. The van der Waals surface area contributed by atoms with Gasteiger partial charge in [0, 0.05) is 0 Å². The van der Waals surface area contributed by atoms with Crippen molar-refractivity contribution in [2.45, 2.75) is 25.7 Å². The standard InChI is InChI=1S/C6H12O3S.Na.H/c7-10(8,9)5-6-3-1-2-4-6;;/h6H,1-5H2,(H,7,8,9);;. The third-order valence-corrected chi connectivity index (χ3v) is 2.81. The van der Waals surface area contributed by atoms with Crippen molar-refractivity contribution in [3.05, 3.63) is 0 Å². The van der Waals surface area contributed by atoms with Gasteiger partial charge in [0.25, 0.3) is 10.1 Å². The summed E-state index contributed by atoms with van der Waals surface area (Å²) in [6, 6.07) is 0. The van der Waals surface area contributed by atoms with E-state index in [0.29, 0.717) is 0 Å². The maximum atomic E-state index is 10.3. The molecule has 1 saturated carbocycles. The second-order valence-electron chi connectivity index (χ2n) is 2.90. The Hall–Kier alpha value is 0.910. The van der Waals surface area contributed by atoms with Crippen molar-refractivity contribution in [2.75, 3.05) is 5.75 Å². The van der Waals surface area contributed by atoms with Gasteiger partial charge in [0.05, 0.1) is 5.75 Å². The molecule has 3 nitrogen and oxygen atoms in total. The van der Waals surface area contributed by atoms with Gasteiger partial charge in [-0.3, -0.25) is 4.55 Å². The molecule has 0 heterocycles. The molecule has 0 bridgehead atoms. The summed E-state index contributed by atoms with van der Waals surface area (Å²) in [6.07, 6.45) is 4.14. The average Bonchev–Trinajstić information content (AvgIpc) is 2.12. The second kappa shape index (κ2) is 4.82. The molecule has 1 N–H and O–H groups in total. The molecule has 0 spiro atoms. The van der Waals surface area contributed by atoms with E-state index in [9.17, 15) is 8.42 Å². The van der Waals surface area contributed by atoms with Gasteiger partial charge in [-0.25, -0.2) is 0 Å². The molecule has 1 aliphatic rings. The fourth-order valence-corrected chi connectivity index (χ4v) is 2.40. The van der Waals surface area contributed by atoms with Crippen LogP contribution >= 0.6 is 0 Å². The van der Waals surface area contributed by atoms with E-state index in [0.717, 1.165) is 25.7 Å². The first kappa shape index (κ1) is 11.9. The van der Waals surface area contributed by atoms with Gasteiger partial charge in [-0.2, -0.15) is 8.42 Å². The summed E-state index contributed by atoms with van der Waals surface area (Å²) in [5, 5.41) is 0. The van der Waals surface area contributed by atoms with Crippen LogP contribution in [-0.2, 0) is 10.1 Å². The average molecular weight is 188 g/mol. The Labute approximate surface area is 89.6 Å². The normalized spacial score (nSPS) is 19.7. The summed E-state index contributed by atoms with van der Waals surface area (Å²) in [5.74, 6) is 0.183. The zero-order chi connectivity index (χ0) is 7.61. The summed E-state index contributed by atoms with van der Waals surface area (Å²) in [6.45, 7) is 0. The number of hydrogen-bond acceptors (Lipinski definition) is 2. The molecule has 0 unspecified atom stereocenters. The molecular weight excluding hydrogens is 175 g/mol. The third kappa shape index (κ3) is 5.20. The molecule has 1 rings (SSSR count). The van der Waals surface area contributed by atoms with Gasteiger partial charge in [-0.15, -0.1) is 0 Å². The number of hydrogen-bond donors (Lipinski definition) is 1. The molecule has 1 fully saturated rings. The quantitative estimate of drug-likeness (QED) is 0.504. The van der Waals surface area contributed by atoms with Gasteiger partial charge in [-0.05, 0) is 18.8 Å². The first-order chi connectivity index (χ1) is 4.58. The van der Waals surface area contributed by atoms with Crippen LogP contribution in [0.25, 0.3) is 0 Å². The molecule has 11 heavy (non-hydrogen) atoms. The van der Waals surface area contributed by atoms with E-state index in [2.05, 4.69) is 0 Å². The van der Waals surface area contributed by atoms with E-state index in [4.69, 9.17) is 4.55 Å². The SMILES string of the molecule is O=S(=O)(O)CC1CCCC1.[NaH]. The monoisotopic (exact) mass is 188 g/mol. The van der Waals surface area contributed by atoms with E-state index < -0.39 is 10.1 Å². The predicted octanol–water partition coefficient (Wildman–Crippen LogP) is 0.416. The third-order valence-electron chi connectivity index (χ3n) is 1.92. The van der Waals surface area contributed by atoms with Gasteiger partial charge in [-0.1, -0.05) is 12.8 Å². The van der Waals surface area contributed by atoms with Gasteiger partial charge < -0.3 is 0 Å². The van der Waals surface area contributed by atoms with Gasteiger partial charge in [0.2, 0.25) is 0 Å². The summed E-state index contributed by atoms with van der Waals surface area (Å²) in [4.78, 5) is 0. The molecule has 0 atom stereocenters. The molecular formula is C6H13NaO3S. The summed E-state index contributed by atoms with van der Waals surface area (Å²) in [7, 11) is -3.71. The van der Waals surface area contributed by atoms with Crippen LogP contribution in [0.2, 0.25) is 0 Å². The van der Waals surface area contributed by atoms with Crippen LogP contribution in [0.3, 0.4) is 0 Å². The molecule has 0 saturated heterocycles. The summed E-state index contributed by atoms with van der Waals surface area (Å²) < 4.78 is 29.1. The van der Waals surface area contributed by atoms with E-state index >= 15 is 0 Å². The van der Waals surface area contributed by atoms with Crippen LogP contribution in [0.5, 0.6) is 0 Å². The fourth-order valence-electron chi connectivity index (χ4n) is 1.47. The van der Waals surface area contributed by atoms with Crippen LogP contribution in [0.1, 0.15) is 25.7 Å². The maximum absolute atomic E-state index is 10.3. The predicted molar refractivity (Wildman–Crippen MR) is 45.5 cm³/mol. The van der Waals surface area contributed by atoms with E-state index in [1.165, 1.54) is 0 Å². The first-order valence-electron chi connectivity index (χ1n) is 3.53. The van der Waals surface area contributed by atoms with Crippen LogP contribution < -0.4 is 0 Å². The fraction of sp³-hybridized carbons (Fsp3) is 1.00. The molecule has 0 aromatic rings. The Bertz CT molecular complexity index is 194. The van der Waals surface area contributed by atoms with Crippen LogP contribution in [0.4, 0.5) is 0 Å². The van der Waals surface area contributed by atoms with Crippen molar-refractivity contribution < 1.29 is 13.0 Å². The van der Waals surface area contributed by atoms with Crippen molar-refractivity contribution in [1.82, 2.24) is 0 Å². The molecule has 0 aliphatic heterocycles. The Morgan fingerprint density at radius 1 is 1.27 bits per heavy atom.